The third-order valence-corrected chi connectivity index (χ3v) is 6.09. The summed E-state index contributed by atoms with van der Waals surface area (Å²) in [6.07, 6.45) is 1.02. The second kappa shape index (κ2) is 8.89. The fraction of sp³-hybridized carbons (Fsp3) is 0.350. The van der Waals surface area contributed by atoms with E-state index < -0.39 is 5.82 Å². The second-order valence-electron chi connectivity index (χ2n) is 6.48. The number of hydrogen-bond donors (Lipinski definition) is 1. The highest BCUT2D eigenvalue weighted by Gasteiger charge is 2.32. The highest BCUT2D eigenvalue weighted by molar-refractivity contribution is 8.00. The van der Waals surface area contributed by atoms with Crippen LogP contribution in [-0.2, 0) is 4.79 Å². The van der Waals surface area contributed by atoms with Crippen LogP contribution < -0.4 is 5.32 Å². The van der Waals surface area contributed by atoms with Gasteiger partial charge in [-0.1, -0.05) is 41.9 Å². The van der Waals surface area contributed by atoms with Gasteiger partial charge in [0.15, 0.2) is 0 Å². The van der Waals surface area contributed by atoms with Crippen molar-refractivity contribution in [2.45, 2.75) is 16.6 Å². The van der Waals surface area contributed by atoms with Crippen molar-refractivity contribution < 1.29 is 9.18 Å². The van der Waals surface area contributed by atoms with Gasteiger partial charge >= 0.3 is 0 Å². The number of thioether (sulfide) groups is 1. The summed E-state index contributed by atoms with van der Waals surface area (Å²) in [7, 11) is 1.94. The van der Waals surface area contributed by atoms with E-state index in [9.17, 15) is 9.18 Å². The van der Waals surface area contributed by atoms with Gasteiger partial charge in [0.25, 0.3) is 0 Å². The molecule has 0 aromatic heterocycles. The maximum Gasteiger partial charge on any atom is 0.240 e. The molecule has 3 nitrogen and oxygen atoms in total. The minimum Gasteiger partial charge on any atom is -0.341 e. The molecule has 2 aromatic rings. The molecule has 0 aliphatic carbocycles. The van der Waals surface area contributed by atoms with Crippen LogP contribution in [0.1, 0.15) is 17.2 Å². The van der Waals surface area contributed by atoms with Gasteiger partial charge in [0.1, 0.15) is 11.1 Å². The van der Waals surface area contributed by atoms with Gasteiger partial charge in [0.2, 0.25) is 5.91 Å². The number of hydrogen-bond acceptors (Lipinski definition) is 3. The van der Waals surface area contributed by atoms with Gasteiger partial charge in [-0.25, -0.2) is 4.39 Å². The van der Waals surface area contributed by atoms with Crippen molar-refractivity contribution in [1.29, 1.82) is 0 Å². The first-order chi connectivity index (χ1) is 12.6. The Hall–Kier alpha value is -1.56. The summed E-state index contributed by atoms with van der Waals surface area (Å²) in [6.45, 7) is 2.47. The van der Waals surface area contributed by atoms with Crippen molar-refractivity contribution in [3.05, 3.63) is 64.9 Å². The lowest BCUT2D eigenvalue weighted by Crippen LogP contribution is -2.33. The molecule has 1 saturated heterocycles. The Morgan fingerprint density at radius 3 is 2.81 bits per heavy atom. The maximum absolute atomic E-state index is 13.5. The molecule has 2 aromatic carbocycles. The average Bonchev–Trinajstić information content (AvgIpc) is 3.12. The molecule has 1 amide bonds. The zero-order chi connectivity index (χ0) is 18.5. The normalized spacial score (nSPS) is 18.1. The van der Waals surface area contributed by atoms with Crippen LogP contribution in [0.2, 0.25) is 5.02 Å². The second-order valence-corrected chi connectivity index (χ2v) is 8.07. The highest BCUT2D eigenvalue weighted by Crippen LogP contribution is 2.38. The molecule has 0 saturated carbocycles. The number of benzene rings is 2. The lowest BCUT2D eigenvalue weighted by molar-refractivity contribution is -0.129. The molecule has 1 heterocycles. The Morgan fingerprint density at radius 1 is 1.35 bits per heavy atom. The number of nitrogens with one attached hydrogen (secondary N) is 1. The van der Waals surface area contributed by atoms with Crippen molar-refractivity contribution in [1.82, 2.24) is 10.2 Å². The van der Waals surface area contributed by atoms with Crippen molar-refractivity contribution in [3.8, 4) is 0 Å². The molecule has 2 atom stereocenters. The van der Waals surface area contributed by atoms with Crippen LogP contribution >= 0.6 is 23.4 Å². The molecule has 2 unspecified atom stereocenters. The predicted molar refractivity (Wildman–Crippen MR) is 105 cm³/mol. The molecule has 138 valence electrons. The molecule has 1 N–H and O–H groups in total. The largest absolute Gasteiger partial charge is 0.341 e. The lowest BCUT2D eigenvalue weighted by atomic mass is 10.1. The number of amides is 1. The van der Waals surface area contributed by atoms with E-state index in [0.717, 1.165) is 36.5 Å². The van der Waals surface area contributed by atoms with E-state index in [2.05, 4.69) is 5.32 Å². The van der Waals surface area contributed by atoms with Crippen LogP contribution in [-0.4, -0.2) is 37.5 Å². The minimum absolute atomic E-state index is 0.0736. The summed E-state index contributed by atoms with van der Waals surface area (Å²) in [5.41, 5.74) is 0.944. The molecular weight excluding hydrogens is 371 g/mol. The van der Waals surface area contributed by atoms with Gasteiger partial charge in [0, 0.05) is 18.0 Å². The van der Waals surface area contributed by atoms with E-state index in [4.69, 9.17) is 11.6 Å². The molecule has 26 heavy (non-hydrogen) atoms. The monoisotopic (exact) mass is 392 g/mol. The molecule has 1 fully saturated rings. The van der Waals surface area contributed by atoms with Crippen molar-refractivity contribution >= 4 is 29.3 Å². The first kappa shape index (κ1) is 19.2. The zero-order valence-corrected chi connectivity index (χ0v) is 16.2. The van der Waals surface area contributed by atoms with Crippen molar-refractivity contribution in [3.63, 3.8) is 0 Å². The Morgan fingerprint density at radius 2 is 2.12 bits per heavy atom. The van der Waals surface area contributed by atoms with Crippen LogP contribution in [0.4, 0.5) is 4.39 Å². The first-order valence-corrected chi connectivity index (χ1v) is 9.94. The zero-order valence-electron chi connectivity index (χ0n) is 14.6. The Bertz CT molecular complexity index is 759. The van der Waals surface area contributed by atoms with Crippen LogP contribution in [0.15, 0.2) is 53.4 Å². The fourth-order valence-corrected chi connectivity index (χ4v) is 4.62. The van der Waals surface area contributed by atoms with E-state index in [1.807, 2.05) is 42.3 Å². The Balaban J connectivity index is 1.82. The molecule has 1 aliphatic heterocycles. The Labute approximate surface area is 162 Å². The van der Waals surface area contributed by atoms with Gasteiger partial charge < -0.3 is 10.2 Å². The molecular formula is C20H22ClFN2OS. The Kier molecular flexibility index (Phi) is 6.57. The number of nitrogens with zero attached hydrogens (tertiary/aromatic N) is 1. The lowest BCUT2D eigenvalue weighted by Gasteiger charge is -2.24. The van der Waals surface area contributed by atoms with Gasteiger partial charge in [-0.3, -0.25) is 4.79 Å². The number of carbonyl (C=O) groups is 1. The van der Waals surface area contributed by atoms with Gasteiger partial charge in [-0.15, -0.1) is 11.8 Å². The average molecular weight is 393 g/mol. The molecule has 0 spiro atoms. The fourth-order valence-electron chi connectivity index (χ4n) is 3.23. The number of likely N-dealkylation sites (tertiary alicyclic amines) is 1. The standard InChI is InChI=1S/C20H22ClFN2OS/c1-23-12-14-9-10-24(13-14)20(25)19(15-5-3-2-4-6-15)26-16-7-8-18(22)17(21)11-16/h2-8,11,14,19,23H,9-10,12-13H2,1H3. The smallest absolute Gasteiger partial charge is 0.240 e. The summed E-state index contributed by atoms with van der Waals surface area (Å²) in [5.74, 6) is 0.138. The van der Waals surface area contributed by atoms with Crippen molar-refractivity contribution in [2.24, 2.45) is 5.92 Å². The summed E-state index contributed by atoms with van der Waals surface area (Å²) >= 11 is 7.33. The van der Waals surface area contributed by atoms with E-state index in [1.165, 1.54) is 17.8 Å². The number of rotatable bonds is 6. The molecule has 1 aliphatic rings. The quantitative estimate of drug-likeness (QED) is 0.740. The summed E-state index contributed by atoms with van der Waals surface area (Å²) < 4.78 is 13.5. The number of halogens is 2. The maximum atomic E-state index is 13.5. The van der Waals surface area contributed by atoms with E-state index in [1.54, 1.807) is 12.1 Å². The van der Waals surface area contributed by atoms with Crippen LogP contribution in [0.5, 0.6) is 0 Å². The predicted octanol–water partition coefficient (Wildman–Crippen LogP) is 4.38. The minimum atomic E-state index is -0.451. The summed E-state index contributed by atoms with van der Waals surface area (Å²) in [5, 5.41) is 2.89. The molecule has 3 rings (SSSR count). The van der Waals surface area contributed by atoms with Crippen LogP contribution in [0.25, 0.3) is 0 Å². The van der Waals surface area contributed by atoms with Gasteiger partial charge in [-0.05, 0) is 49.7 Å². The number of carbonyl (C=O) groups excluding carboxylic acids is 1. The topological polar surface area (TPSA) is 32.3 Å². The summed E-state index contributed by atoms with van der Waals surface area (Å²) in [4.78, 5) is 16.0. The van der Waals surface area contributed by atoms with Crippen molar-refractivity contribution in [2.75, 3.05) is 26.7 Å². The van der Waals surface area contributed by atoms with Crippen LogP contribution in [0, 0.1) is 11.7 Å². The van der Waals surface area contributed by atoms with E-state index in [-0.39, 0.29) is 16.2 Å². The third kappa shape index (κ3) is 4.58. The molecule has 0 bridgehead atoms. The molecule has 0 radical (unpaired) electrons. The van der Waals surface area contributed by atoms with Gasteiger partial charge in [0.05, 0.1) is 5.02 Å². The van der Waals surface area contributed by atoms with Gasteiger partial charge in [-0.2, -0.15) is 0 Å². The SMILES string of the molecule is CNCC1CCN(C(=O)C(Sc2ccc(F)c(Cl)c2)c2ccccc2)C1. The third-order valence-electron chi connectivity index (χ3n) is 4.56. The first-order valence-electron chi connectivity index (χ1n) is 8.68. The highest BCUT2D eigenvalue weighted by atomic mass is 35.5. The molecule has 6 heteroatoms. The van der Waals surface area contributed by atoms with Crippen LogP contribution in [0.3, 0.4) is 0 Å². The van der Waals surface area contributed by atoms with E-state index >= 15 is 0 Å². The summed E-state index contributed by atoms with van der Waals surface area (Å²) in [6, 6.07) is 14.3. The van der Waals surface area contributed by atoms with E-state index in [0.29, 0.717) is 5.92 Å².